The molecule has 99 heavy (non-hydrogen) atoms. The average Bonchev–Trinajstić information content (AvgIpc) is 1.65. The Morgan fingerprint density at radius 2 is 0.929 bits per heavy atom. The molecule has 7 aromatic rings. The Bertz CT molecular complexity index is 4780. The van der Waals surface area contributed by atoms with Gasteiger partial charge in [0.25, 0.3) is 16.7 Å². The first-order chi connectivity index (χ1) is 46.8. The second kappa shape index (κ2) is 28.3. The molecule has 0 aromatic carbocycles. The third kappa shape index (κ3) is 15.9. The zero-order valence-electron chi connectivity index (χ0n) is 51.3. The van der Waals surface area contributed by atoms with E-state index in [2.05, 4.69) is 44.9 Å². The topological polar surface area (TPSA) is 639 Å². The number of imidazole rings is 2. The maximum atomic E-state index is 14.2. The lowest BCUT2D eigenvalue weighted by molar-refractivity contribution is -0.0645. The number of aliphatic hydroxyl groups is 2. The van der Waals surface area contributed by atoms with Crippen LogP contribution in [0.15, 0.2) is 72.4 Å². The zero-order valence-corrected chi connectivity index (χ0v) is 54.9. The Kier molecular flexibility index (Phi) is 20.4. The fraction of sp³-hybridized carbons (Fsp3) is 0.551. The number of aryl methyl sites for hydroxylation is 2. The van der Waals surface area contributed by atoms with E-state index in [-0.39, 0.29) is 63.9 Å². The number of aromatic nitrogens is 14. The Balaban J connectivity index is 0.739. The van der Waals surface area contributed by atoms with Crippen molar-refractivity contribution >= 4 is 71.2 Å². The van der Waals surface area contributed by atoms with Crippen molar-refractivity contribution in [2.24, 2.45) is 0 Å². The number of phosphoric acid groups is 4. The molecule has 7 aromatic heterocycles. The molecule has 5 aliphatic heterocycles. The van der Waals surface area contributed by atoms with Crippen LogP contribution >= 0.6 is 31.3 Å². The summed E-state index contributed by atoms with van der Waals surface area (Å²) < 4.78 is 134. The van der Waals surface area contributed by atoms with E-state index in [9.17, 15) is 76.8 Å². The second-order valence-corrected chi connectivity index (χ2v) is 28.7. The minimum atomic E-state index is -5.55. The lowest BCUT2D eigenvalue weighted by Gasteiger charge is -2.25. The summed E-state index contributed by atoms with van der Waals surface area (Å²) in [5.41, 5.74) is 12.2. The van der Waals surface area contributed by atoms with Crippen molar-refractivity contribution in [2.75, 3.05) is 50.2 Å². The molecule has 0 saturated carbocycles. The molecule has 5 fully saturated rings. The zero-order chi connectivity index (χ0) is 70.8. The summed E-state index contributed by atoms with van der Waals surface area (Å²) in [6.45, 7) is -1.99. The van der Waals surface area contributed by atoms with Gasteiger partial charge in [-0.15, -0.1) is 0 Å². The molecule has 5 aliphatic rings. The number of nitrogens with two attached hydrogens (primary N) is 3. The summed E-state index contributed by atoms with van der Waals surface area (Å²) in [7, 11) is -21.6. The predicted molar refractivity (Wildman–Crippen MR) is 326 cm³/mol. The standard InChI is InChI=1S/C49H63N17O29P4/c1-20-10-63(48(73)60-43(20)69)35-7-24(93-96(75,76)83-13-28-22(68)5-33(88-28)65-18-55-38-40(51)53-17-54-41(38)65)29(89-35)14-85-98(79,80)94-25-8-36(64-11-21(2)44(70)61-49(64)74)90-30(25)15-86-99(81,82)95-26-9-37(66-19-56-39-42(66)58-46(52)59-45(39)71)91-31(26)16-84-97(77,78)92-23-6-34(87-27(23)12-67)62-4-3-32(50)57-47(62)72/h3-4,10-11,17-19,22-31,33-37,67-68H,5-9,12-16H2,1-2H3,(H,75,76)(H,77,78)(H,79,80)(H,81,82)(H2,50,57,72)(H2,51,53,54)(H,60,69,73)(H,61,70,74)(H3,52,58,59,71)/t22-,23-,24-,25-,26-,27+,28+,29+,30+,31+,33+,34+,35+,36+,37+/m0/s1. The Morgan fingerprint density at radius 3 is 1.41 bits per heavy atom. The molecule has 50 heteroatoms. The van der Waals surface area contributed by atoms with Crippen molar-refractivity contribution in [3.63, 3.8) is 0 Å². The predicted octanol–water partition coefficient (Wildman–Crippen LogP) is -2.52. The van der Waals surface area contributed by atoms with Gasteiger partial charge in [0, 0.05) is 61.8 Å². The van der Waals surface area contributed by atoms with Crippen LogP contribution in [-0.4, -0.2) is 192 Å². The molecule has 0 spiro atoms. The van der Waals surface area contributed by atoms with E-state index >= 15 is 0 Å². The number of nitrogens with one attached hydrogen (secondary N) is 3. The number of aromatic amines is 3. The van der Waals surface area contributed by atoms with Gasteiger partial charge in [0.05, 0.1) is 51.8 Å². The van der Waals surface area contributed by atoms with Crippen LogP contribution in [0, 0.1) is 13.8 Å². The van der Waals surface area contributed by atoms with Gasteiger partial charge < -0.3 is 70.7 Å². The van der Waals surface area contributed by atoms with E-state index in [1.165, 1.54) is 47.9 Å². The van der Waals surface area contributed by atoms with Crippen molar-refractivity contribution in [3.8, 4) is 0 Å². The molecule has 4 unspecified atom stereocenters. The second-order valence-electron chi connectivity index (χ2n) is 23.1. The van der Waals surface area contributed by atoms with E-state index in [1.54, 1.807) is 0 Å². The van der Waals surface area contributed by atoms with Gasteiger partial charge in [-0.3, -0.25) is 88.4 Å². The minimum absolute atomic E-state index is 0.0153. The largest absolute Gasteiger partial charge is 0.472 e. The number of rotatable bonds is 26. The number of ether oxygens (including phenoxy) is 5. The third-order valence-electron chi connectivity index (χ3n) is 16.3. The first kappa shape index (κ1) is 71.5. The SMILES string of the molecule is Cc1cn([C@H]2C[C@H](OP(=O)(O)OC[C@H]3O[C@@H](n4cnc5c(N)ncnc54)C[C@@H]3O)[C@@H](COP(=O)(O)O[C@H]3C[C@H](n4cc(C)c(=O)[nH]c4=O)O[C@@H]3COP(=O)(O)O[C@H]3C[C@H](n4cnc5c(=O)[nH]c(N)nc54)O[C@@H]3COP(=O)(O)O[C@H]3C[C@H](n4ccc(N)nc4=O)O[C@@H]3CO)O2)c(=O)[nH]c1=O. The van der Waals surface area contributed by atoms with Crippen molar-refractivity contribution in [2.45, 2.75) is 138 Å². The van der Waals surface area contributed by atoms with Gasteiger partial charge in [-0.2, -0.15) is 9.97 Å². The number of anilines is 3. The van der Waals surface area contributed by atoms with Gasteiger partial charge in [0.1, 0.15) is 104 Å². The summed E-state index contributed by atoms with van der Waals surface area (Å²) in [5.74, 6) is -0.386. The summed E-state index contributed by atoms with van der Waals surface area (Å²) >= 11 is 0. The third-order valence-corrected chi connectivity index (χ3v) is 20.4. The smallest absolute Gasteiger partial charge is 0.394 e. The van der Waals surface area contributed by atoms with Crippen molar-refractivity contribution in [1.82, 2.24) is 67.7 Å². The Morgan fingerprint density at radius 1 is 0.515 bits per heavy atom. The molecule has 0 radical (unpaired) electrons. The van der Waals surface area contributed by atoms with Crippen molar-refractivity contribution < 1.29 is 108 Å². The molecule has 15 N–H and O–H groups in total. The summed E-state index contributed by atoms with van der Waals surface area (Å²) in [5, 5.41) is 21.0. The van der Waals surface area contributed by atoms with Gasteiger partial charge >= 0.3 is 48.4 Å². The van der Waals surface area contributed by atoms with E-state index in [0.29, 0.717) is 0 Å². The maximum Gasteiger partial charge on any atom is 0.472 e. The number of hydrogen-bond donors (Lipinski definition) is 12. The summed E-state index contributed by atoms with van der Waals surface area (Å²) in [6.07, 6.45) is -16.6. The molecule has 0 amide bonds. The number of H-pyrrole nitrogens is 3. The first-order valence-corrected chi connectivity index (χ1v) is 35.6. The highest BCUT2D eigenvalue weighted by Crippen LogP contribution is 2.55. The van der Waals surface area contributed by atoms with Crippen LogP contribution in [0.5, 0.6) is 0 Å². The van der Waals surface area contributed by atoms with Gasteiger partial charge in [0.15, 0.2) is 22.6 Å². The fourth-order valence-electron chi connectivity index (χ4n) is 11.5. The van der Waals surface area contributed by atoms with Crippen LogP contribution in [0.1, 0.15) is 74.4 Å². The normalized spacial score (nSPS) is 29.7. The average molecular weight is 1480 g/mol. The molecule has 5 saturated heterocycles. The quantitative estimate of drug-likeness (QED) is 0.0249. The lowest BCUT2D eigenvalue weighted by atomic mass is 10.2. The maximum absolute atomic E-state index is 14.2. The molecular weight excluding hydrogens is 1410 g/mol. The lowest BCUT2D eigenvalue weighted by Crippen LogP contribution is -2.33. The molecule has 19 atom stereocenters. The van der Waals surface area contributed by atoms with Gasteiger partial charge in [-0.25, -0.2) is 52.6 Å². The van der Waals surface area contributed by atoms with Gasteiger partial charge in [0.2, 0.25) is 5.95 Å². The molecule has 46 nitrogen and oxygen atoms in total. The van der Waals surface area contributed by atoms with Crippen LogP contribution in [-0.2, 0) is 78.1 Å². The highest BCUT2D eigenvalue weighted by molar-refractivity contribution is 7.48. The molecular formula is C49H63N17O29P4. The number of nitrogens with zero attached hydrogens (tertiary/aromatic N) is 11. The van der Waals surface area contributed by atoms with Gasteiger partial charge in [-0.05, 0) is 19.9 Å². The fourth-order valence-corrected chi connectivity index (χ4v) is 15.4. The highest BCUT2D eigenvalue weighted by Gasteiger charge is 2.50. The number of aliphatic hydroxyl groups excluding tert-OH is 2. The number of phosphoric ester groups is 4. The molecule has 12 heterocycles. The summed E-state index contributed by atoms with van der Waals surface area (Å²) in [4.78, 5) is 152. The minimum Gasteiger partial charge on any atom is -0.394 e. The van der Waals surface area contributed by atoms with Gasteiger partial charge in [-0.1, -0.05) is 0 Å². The Hall–Kier alpha value is -7.30. The monoisotopic (exact) mass is 1480 g/mol. The van der Waals surface area contributed by atoms with Crippen molar-refractivity contribution in [3.05, 3.63) is 117 Å². The number of nitrogen functional groups attached to an aromatic ring is 3. The number of hydrogen-bond acceptors (Lipinski definition) is 34. The molecule has 0 bridgehead atoms. The van der Waals surface area contributed by atoms with E-state index in [1.807, 2.05) is 0 Å². The summed E-state index contributed by atoms with van der Waals surface area (Å²) in [6, 6.07) is 1.28. The van der Waals surface area contributed by atoms with E-state index in [4.69, 9.17) is 77.1 Å². The Labute approximate surface area is 550 Å². The van der Waals surface area contributed by atoms with Crippen LogP contribution in [0.4, 0.5) is 17.6 Å². The van der Waals surface area contributed by atoms with E-state index < -0.39 is 210 Å². The number of fused-ring (bicyclic) bond motifs is 2. The van der Waals surface area contributed by atoms with Crippen LogP contribution in [0.2, 0.25) is 0 Å². The van der Waals surface area contributed by atoms with Crippen LogP contribution < -0.4 is 50.9 Å². The van der Waals surface area contributed by atoms with Crippen LogP contribution in [0.25, 0.3) is 22.3 Å². The molecule has 12 rings (SSSR count). The molecule has 538 valence electrons. The highest BCUT2D eigenvalue weighted by atomic mass is 31.2. The van der Waals surface area contributed by atoms with Crippen LogP contribution in [0.3, 0.4) is 0 Å². The van der Waals surface area contributed by atoms with E-state index in [0.717, 1.165) is 32.4 Å². The molecule has 0 aliphatic carbocycles. The first-order valence-electron chi connectivity index (χ1n) is 29.6. The van der Waals surface area contributed by atoms with Crippen molar-refractivity contribution in [1.29, 1.82) is 0 Å².